The van der Waals surface area contributed by atoms with Crippen molar-refractivity contribution in [2.75, 3.05) is 13.2 Å². The second-order valence-electron chi connectivity index (χ2n) is 15.6. The van der Waals surface area contributed by atoms with Gasteiger partial charge in [-0.05, 0) is 77.0 Å². The van der Waals surface area contributed by atoms with Gasteiger partial charge in [-0.25, -0.2) is 0 Å². The van der Waals surface area contributed by atoms with Crippen LogP contribution in [0.25, 0.3) is 0 Å². The molecule has 2 atom stereocenters. The van der Waals surface area contributed by atoms with Gasteiger partial charge in [-0.1, -0.05) is 143 Å². The van der Waals surface area contributed by atoms with Crippen molar-refractivity contribution in [3.05, 3.63) is 0 Å². The van der Waals surface area contributed by atoms with Gasteiger partial charge in [0.15, 0.2) is 0 Å². The molecule has 0 N–H and O–H groups in total. The van der Waals surface area contributed by atoms with Crippen molar-refractivity contribution < 1.29 is 38.1 Å². The maximum Gasteiger partial charge on any atom is 0.306 e. The van der Waals surface area contributed by atoms with Crippen LogP contribution in [-0.4, -0.2) is 49.3 Å². The maximum atomic E-state index is 12.1. The van der Waals surface area contributed by atoms with E-state index in [1.807, 2.05) is 13.8 Å². The first-order valence-electron chi connectivity index (χ1n) is 23.1. The fourth-order valence-electron chi connectivity index (χ4n) is 6.88. The van der Waals surface area contributed by atoms with Crippen LogP contribution in [-0.2, 0) is 38.1 Å². The molecular weight excluding hydrogens is 680 g/mol. The van der Waals surface area contributed by atoms with Gasteiger partial charge in [-0.15, -0.1) is 0 Å². The van der Waals surface area contributed by atoms with Gasteiger partial charge in [-0.2, -0.15) is 0 Å². The van der Waals surface area contributed by atoms with E-state index < -0.39 is 0 Å². The lowest BCUT2D eigenvalue weighted by molar-refractivity contribution is -0.152. The van der Waals surface area contributed by atoms with E-state index in [4.69, 9.17) is 18.9 Å². The van der Waals surface area contributed by atoms with Crippen LogP contribution in [0.3, 0.4) is 0 Å². The third kappa shape index (κ3) is 36.8. The summed E-state index contributed by atoms with van der Waals surface area (Å²) in [6, 6.07) is 0. The van der Waals surface area contributed by atoms with Crippen molar-refractivity contribution in [3.8, 4) is 0 Å². The normalized spacial score (nSPS) is 12.3. The topological polar surface area (TPSA) is 105 Å². The minimum atomic E-state index is -0.242. The summed E-state index contributed by atoms with van der Waals surface area (Å²) in [6.45, 7) is 8.70. The number of hydrogen-bond acceptors (Lipinski definition) is 8. The molecule has 0 aromatic rings. The zero-order valence-corrected chi connectivity index (χ0v) is 35.9. The first-order chi connectivity index (χ1) is 26.4. The Hall–Kier alpha value is -2.12. The van der Waals surface area contributed by atoms with E-state index in [9.17, 15) is 19.2 Å². The van der Waals surface area contributed by atoms with E-state index in [1.54, 1.807) is 0 Å². The summed E-state index contributed by atoms with van der Waals surface area (Å²) in [5, 5.41) is 0. The first kappa shape index (κ1) is 51.9. The van der Waals surface area contributed by atoms with Gasteiger partial charge in [0.05, 0.1) is 0 Å². The summed E-state index contributed by atoms with van der Waals surface area (Å²) in [7, 11) is 0. The largest absolute Gasteiger partial charge is 0.462 e. The first-order valence-corrected chi connectivity index (χ1v) is 23.1. The molecule has 0 aliphatic rings. The summed E-state index contributed by atoms with van der Waals surface area (Å²) in [6.07, 6.45) is 34.7. The van der Waals surface area contributed by atoms with Crippen molar-refractivity contribution in [1.29, 1.82) is 0 Å². The highest BCUT2D eigenvalue weighted by atomic mass is 16.6. The Morgan fingerprint density at radius 1 is 0.315 bits per heavy atom. The predicted molar refractivity (Wildman–Crippen MR) is 221 cm³/mol. The van der Waals surface area contributed by atoms with E-state index >= 15 is 0 Å². The Labute approximate surface area is 332 Å². The molecule has 8 nitrogen and oxygen atoms in total. The second-order valence-corrected chi connectivity index (χ2v) is 15.6. The van der Waals surface area contributed by atoms with Crippen LogP contribution >= 0.6 is 0 Å². The molecule has 0 aliphatic heterocycles. The molecular formula is C46H86O8. The number of carbonyl (C=O) groups is 4. The molecule has 0 saturated heterocycles. The molecule has 0 spiro atoms. The minimum Gasteiger partial charge on any atom is -0.462 e. The van der Waals surface area contributed by atoms with Crippen molar-refractivity contribution >= 4 is 23.9 Å². The molecule has 0 heterocycles. The van der Waals surface area contributed by atoms with E-state index in [0.717, 1.165) is 116 Å². The van der Waals surface area contributed by atoms with Crippen LogP contribution < -0.4 is 0 Å². The third-order valence-electron chi connectivity index (χ3n) is 10.2. The zero-order chi connectivity index (χ0) is 39.7. The Bertz CT molecular complexity index is 805. The number of unbranched alkanes of at least 4 members (excludes halogenated alkanes) is 20. The van der Waals surface area contributed by atoms with Crippen molar-refractivity contribution in [2.24, 2.45) is 0 Å². The Kier molecular flexibility index (Phi) is 38.9. The lowest BCUT2D eigenvalue weighted by Crippen LogP contribution is -2.18. The summed E-state index contributed by atoms with van der Waals surface area (Å²) in [5.41, 5.74) is 0. The average Bonchev–Trinajstić information content (AvgIpc) is 3.14. The van der Waals surface area contributed by atoms with Gasteiger partial charge < -0.3 is 18.9 Å². The SMILES string of the molecule is CCCCCCCCCC(CCCCCCCC(=O)OCCOC(=O)CCCCCCCC(CCCCCCCCC)OC(=O)CCC)OC(=O)CCC. The van der Waals surface area contributed by atoms with Gasteiger partial charge in [0, 0.05) is 25.7 Å². The molecule has 0 rings (SSSR count). The van der Waals surface area contributed by atoms with Gasteiger partial charge in [0.1, 0.15) is 25.4 Å². The van der Waals surface area contributed by atoms with E-state index in [2.05, 4.69) is 13.8 Å². The highest BCUT2D eigenvalue weighted by Crippen LogP contribution is 2.20. The van der Waals surface area contributed by atoms with Crippen LogP contribution in [0.2, 0.25) is 0 Å². The van der Waals surface area contributed by atoms with Crippen molar-refractivity contribution in [3.63, 3.8) is 0 Å². The summed E-state index contributed by atoms with van der Waals surface area (Å²) < 4.78 is 22.1. The molecule has 0 aromatic carbocycles. The molecule has 0 bridgehead atoms. The minimum absolute atomic E-state index is 0.0341. The second kappa shape index (κ2) is 40.5. The molecule has 0 aromatic heterocycles. The Balaban J connectivity index is 3.92. The van der Waals surface area contributed by atoms with Crippen LogP contribution in [0.15, 0.2) is 0 Å². The lowest BCUT2D eigenvalue weighted by atomic mass is 10.0. The number of ether oxygens (including phenoxy) is 4. The zero-order valence-electron chi connectivity index (χ0n) is 35.9. The predicted octanol–water partition coefficient (Wildman–Crippen LogP) is 13.2. The molecule has 0 fully saturated rings. The molecule has 0 amide bonds. The Morgan fingerprint density at radius 3 is 0.889 bits per heavy atom. The molecule has 0 aliphatic carbocycles. The van der Waals surface area contributed by atoms with Gasteiger partial charge in [0.2, 0.25) is 0 Å². The lowest BCUT2D eigenvalue weighted by Gasteiger charge is -2.18. The van der Waals surface area contributed by atoms with Crippen molar-refractivity contribution in [1.82, 2.24) is 0 Å². The number of rotatable bonds is 41. The van der Waals surface area contributed by atoms with Gasteiger partial charge in [-0.3, -0.25) is 19.2 Å². The van der Waals surface area contributed by atoms with Crippen LogP contribution in [0, 0.1) is 0 Å². The molecule has 54 heavy (non-hydrogen) atoms. The van der Waals surface area contributed by atoms with Crippen LogP contribution in [0.5, 0.6) is 0 Å². The highest BCUT2D eigenvalue weighted by Gasteiger charge is 2.15. The van der Waals surface area contributed by atoms with E-state index in [0.29, 0.717) is 25.7 Å². The smallest absolute Gasteiger partial charge is 0.306 e. The molecule has 0 saturated carbocycles. The van der Waals surface area contributed by atoms with E-state index in [-0.39, 0.29) is 49.3 Å². The van der Waals surface area contributed by atoms with Crippen molar-refractivity contribution in [2.45, 2.75) is 258 Å². The fourth-order valence-corrected chi connectivity index (χ4v) is 6.88. The summed E-state index contributed by atoms with van der Waals surface area (Å²) >= 11 is 0. The van der Waals surface area contributed by atoms with Crippen LogP contribution in [0.4, 0.5) is 0 Å². The standard InChI is InChI=1S/C46H86O8/c1-5-9-11-13-15-19-25-33-41(53-45(49)31-7-3)35-27-21-17-23-29-37-43(47)51-39-40-52-44(48)38-30-24-18-22-28-36-42(54-46(50)32-8-4)34-26-20-16-14-12-10-6-2/h41-42H,5-40H2,1-4H3. The third-order valence-corrected chi connectivity index (χ3v) is 10.2. The monoisotopic (exact) mass is 767 g/mol. The summed E-state index contributed by atoms with van der Waals surface area (Å²) in [4.78, 5) is 48.4. The van der Waals surface area contributed by atoms with Gasteiger partial charge in [0.25, 0.3) is 0 Å². The maximum absolute atomic E-state index is 12.1. The van der Waals surface area contributed by atoms with Crippen LogP contribution in [0.1, 0.15) is 246 Å². The Morgan fingerprint density at radius 2 is 0.593 bits per heavy atom. The molecule has 0 radical (unpaired) electrons. The molecule has 318 valence electrons. The number of esters is 4. The highest BCUT2D eigenvalue weighted by molar-refractivity contribution is 5.70. The fraction of sp³-hybridized carbons (Fsp3) is 0.913. The number of carbonyl (C=O) groups excluding carboxylic acids is 4. The van der Waals surface area contributed by atoms with Gasteiger partial charge >= 0.3 is 23.9 Å². The molecule has 2 unspecified atom stereocenters. The number of hydrogen-bond donors (Lipinski definition) is 0. The summed E-state index contributed by atoms with van der Waals surface area (Å²) in [5.74, 6) is -0.617. The quantitative estimate of drug-likeness (QED) is 0.0344. The molecule has 8 heteroatoms. The van der Waals surface area contributed by atoms with E-state index in [1.165, 1.54) is 77.0 Å². The average molecular weight is 767 g/mol.